The first-order valence-corrected chi connectivity index (χ1v) is 6.10. The first kappa shape index (κ1) is 14.5. The molecule has 3 heteroatoms. The molecule has 1 atom stereocenters. The van der Waals surface area contributed by atoms with Crippen LogP contribution in [-0.4, -0.2) is 0 Å². The number of terminal acetylenes is 2. The second-order valence-electron chi connectivity index (χ2n) is 3.82. The lowest BCUT2D eigenvalue weighted by molar-refractivity contribution is 0.652. The molecule has 0 fully saturated rings. The van der Waals surface area contributed by atoms with Crippen molar-refractivity contribution in [1.82, 2.24) is 5.32 Å². The van der Waals surface area contributed by atoms with Gasteiger partial charge >= 0.3 is 0 Å². The quantitative estimate of drug-likeness (QED) is 0.818. The fraction of sp³-hybridized carbons (Fsp3) is 0.200. The summed E-state index contributed by atoms with van der Waals surface area (Å²) < 4.78 is 0. The van der Waals surface area contributed by atoms with Crippen LogP contribution in [0.15, 0.2) is 29.5 Å². The summed E-state index contributed by atoms with van der Waals surface area (Å²) in [6, 6.07) is 5.37. The Kier molecular flexibility index (Phi) is 5.17. The van der Waals surface area contributed by atoms with Gasteiger partial charge in [-0.15, -0.1) is 12.8 Å². The average Bonchev–Trinajstić information content (AvgIpc) is 2.30. The Hall–Kier alpha value is -1.54. The van der Waals surface area contributed by atoms with Crippen LogP contribution in [0.5, 0.6) is 0 Å². The van der Waals surface area contributed by atoms with Gasteiger partial charge in [-0.1, -0.05) is 41.1 Å². The molecule has 0 aliphatic carbocycles. The highest BCUT2D eigenvalue weighted by atomic mass is 35.5. The Labute approximate surface area is 118 Å². The van der Waals surface area contributed by atoms with Crippen LogP contribution in [0.2, 0.25) is 10.0 Å². The molecule has 92 valence electrons. The number of nitrogens with one attached hydrogen (secondary N) is 1. The maximum atomic E-state index is 6.13. The highest BCUT2D eigenvalue weighted by Crippen LogP contribution is 2.26. The van der Waals surface area contributed by atoms with Gasteiger partial charge in [-0.3, -0.25) is 0 Å². The molecule has 1 unspecified atom stereocenters. The molecule has 1 N–H and O–H groups in total. The van der Waals surface area contributed by atoms with E-state index in [4.69, 9.17) is 36.0 Å². The van der Waals surface area contributed by atoms with Crippen LogP contribution in [0, 0.1) is 24.7 Å². The van der Waals surface area contributed by atoms with Crippen LogP contribution >= 0.6 is 23.2 Å². The molecule has 0 saturated carbocycles. The van der Waals surface area contributed by atoms with Crippen molar-refractivity contribution < 1.29 is 0 Å². The number of benzene rings is 1. The Morgan fingerprint density at radius 3 is 2.39 bits per heavy atom. The predicted octanol–water partition coefficient (Wildman–Crippen LogP) is 4.18. The van der Waals surface area contributed by atoms with Crippen LogP contribution < -0.4 is 5.32 Å². The van der Waals surface area contributed by atoms with Gasteiger partial charge in [0.1, 0.15) is 0 Å². The third-order valence-corrected chi connectivity index (χ3v) is 3.09. The molecule has 0 aliphatic heterocycles. The molecule has 1 aromatic carbocycles. The smallest absolute Gasteiger partial charge is 0.0924 e. The van der Waals surface area contributed by atoms with E-state index in [-0.39, 0.29) is 6.04 Å². The summed E-state index contributed by atoms with van der Waals surface area (Å²) in [5.41, 5.74) is 2.22. The molecular weight excluding hydrogens is 265 g/mol. The molecule has 0 radical (unpaired) electrons. The number of allylic oxidation sites excluding steroid dienone is 2. The molecule has 0 saturated heterocycles. The molecular formula is C15H13Cl2N. The molecule has 0 aromatic heterocycles. The standard InChI is InChI=1S/C15H13Cl2N/c1-5-12(6-2)10(3)18-11(4)14-8-7-13(16)9-15(14)17/h1-2,7-9,11,18H,3-4H3. The van der Waals surface area contributed by atoms with Crippen molar-refractivity contribution >= 4 is 23.2 Å². The van der Waals surface area contributed by atoms with Crippen molar-refractivity contribution in [2.24, 2.45) is 0 Å². The lowest BCUT2D eigenvalue weighted by Crippen LogP contribution is -2.18. The van der Waals surface area contributed by atoms with Gasteiger partial charge < -0.3 is 5.32 Å². The van der Waals surface area contributed by atoms with E-state index >= 15 is 0 Å². The van der Waals surface area contributed by atoms with E-state index in [9.17, 15) is 0 Å². The summed E-state index contributed by atoms with van der Waals surface area (Å²) in [4.78, 5) is 0. The molecule has 1 nitrogen and oxygen atoms in total. The first-order chi connectivity index (χ1) is 8.49. The van der Waals surface area contributed by atoms with Gasteiger partial charge in [-0.25, -0.2) is 0 Å². The van der Waals surface area contributed by atoms with Gasteiger partial charge in [0.15, 0.2) is 0 Å². The lowest BCUT2D eigenvalue weighted by atomic mass is 10.1. The molecule has 18 heavy (non-hydrogen) atoms. The zero-order chi connectivity index (χ0) is 13.7. The Bertz CT molecular complexity index is 543. The number of rotatable bonds is 3. The second-order valence-corrected chi connectivity index (χ2v) is 4.66. The van der Waals surface area contributed by atoms with Crippen LogP contribution in [-0.2, 0) is 0 Å². The fourth-order valence-electron chi connectivity index (χ4n) is 1.59. The Balaban J connectivity index is 2.97. The normalized spacial score (nSPS) is 11.0. The summed E-state index contributed by atoms with van der Waals surface area (Å²) in [6.45, 7) is 3.82. The minimum Gasteiger partial charge on any atom is -0.380 e. The van der Waals surface area contributed by atoms with Gasteiger partial charge in [-0.2, -0.15) is 0 Å². The molecule has 1 rings (SSSR count). The Morgan fingerprint density at radius 1 is 1.28 bits per heavy atom. The summed E-state index contributed by atoms with van der Waals surface area (Å²) in [6.07, 6.45) is 10.6. The monoisotopic (exact) mass is 277 g/mol. The number of halogens is 2. The minimum atomic E-state index is -0.00790. The van der Waals surface area contributed by atoms with Gasteiger partial charge in [0, 0.05) is 21.8 Å². The SMILES string of the molecule is C#CC(C#C)=C(C)NC(C)c1ccc(Cl)cc1Cl. The van der Waals surface area contributed by atoms with Crippen molar-refractivity contribution in [1.29, 1.82) is 0 Å². The van der Waals surface area contributed by atoms with Gasteiger partial charge in [0.25, 0.3) is 0 Å². The summed E-state index contributed by atoms with van der Waals surface area (Å²) >= 11 is 12.0. The second kappa shape index (κ2) is 6.41. The molecule has 0 amide bonds. The minimum absolute atomic E-state index is 0.00790. The Morgan fingerprint density at radius 2 is 1.89 bits per heavy atom. The van der Waals surface area contributed by atoms with Crippen LogP contribution in [0.4, 0.5) is 0 Å². The number of hydrogen-bond donors (Lipinski definition) is 1. The summed E-state index contributed by atoms with van der Waals surface area (Å²) in [5.74, 6) is 4.92. The van der Waals surface area contributed by atoms with Crippen LogP contribution in [0.25, 0.3) is 0 Å². The average molecular weight is 278 g/mol. The first-order valence-electron chi connectivity index (χ1n) is 5.35. The lowest BCUT2D eigenvalue weighted by Gasteiger charge is -2.18. The topological polar surface area (TPSA) is 12.0 Å². The van der Waals surface area contributed by atoms with Crippen LogP contribution in [0.3, 0.4) is 0 Å². The highest BCUT2D eigenvalue weighted by Gasteiger charge is 2.10. The van der Waals surface area contributed by atoms with Gasteiger partial charge in [-0.05, 0) is 31.5 Å². The summed E-state index contributed by atoms with van der Waals surface area (Å²) in [5, 5.41) is 4.44. The van der Waals surface area contributed by atoms with E-state index in [1.165, 1.54) is 0 Å². The highest BCUT2D eigenvalue weighted by molar-refractivity contribution is 6.35. The third-order valence-electron chi connectivity index (χ3n) is 2.53. The van der Waals surface area contributed by atoms with Crippen LogP contribution in [0.1, 0.15) is 25.5 Å². The molecule has 0 spiro atoms. The van der Waals surface area contributed by atoms with E-state index in [1.807, 2.05) is 19.9 Å². The van der Waals surface area contributed by atoms with Crippen molar-refractivity contribution in [3.63, 3.8) is 0 Å². The largest absolute Gasteiger partial charge is 0.380 e. The molecule has 1 aromatic rings. The molecule has 0 bridgehead atoms. The van der Waals surface area contributed by atoms with Crippen molar-refractivity contribution in [2.75, 3.05) is 0 Å². The van der Waals surface area contributed by atoms with E-state index in [0.29, 0.717) is 15.6 Å². The van der Waals surface area contributed by atoms with Crippen molar-refractivity contribution in [3.05, 3.63) is 45.1 Å². The zero-order valence-corrected chi connectivity index (χ0v) is 11.7. The van der Waals surface area contributed by atoms with E-state index in [0.717, 1.165) is 11.3 Å². The van der Waals surface area contributed by atoms with Crippen molar-refractivity contribution in [3.8, 4) is 24.7 Å². The number of hydrogen-bond acceptors (Lipinski definition) is 1. The predicted molar refractivity (Wildman–Crippen MR) is 78.4 cm³/mol. The summed E-state index contributed by atoms with van der Waals surface area (Å²) in [7, 11) is 0. The molecule has 0 aliphatic rings. The maximum absolute atomic E-state index is 6.13. The molecule has 0 heterocycles. The maximum Gasteiger partial charge on any atom is 0.0924 e. The third kappa shape index (κ3) is 3.47. The van der Waals surface area contributed by atoms with E-state index in [1.54, 1.807) is 12.1 Å². The van der Waals surface area contributed by atoms with Gasteiger partial charge in [0.2, 0.25) is 0 Å². The van der Waals surface area contributed by atoms with E-state index in [2.05, 4.69) is 17.2 Å². The van der Waals surface area contributed by atoms with Crippen molar-refractivity contribution in [2.45, 2.75) is 19.9 Å². The van der Waals surface area contributed by atoms with Gasteiger partial charge in [0.05, 0.1) is 5.57 Å². The zero-order valence-electron chi connectivity index (χ0n) is 10.2. The fourth-order valence-corrected chi connectivity index (χ4v) is 2.16. The van der Waals surface area contributed by atoms with E-state index < -0.39 is 0 Å².